The van der Waals surface area contributed by atoms with E-state index in [2.05, 4.69) is 130 Å². The van der Waals surface area contributed by atoms with E-state index in [0.717, 1.165) is 81.5 Å². The zero-order chi connectivity index (χ0) is 52.1. The van der Waals surface area contributed by atoms with Crippen LogP contribution in [0.3, 0.4) is 0 Å². The first kappa shape index (κ1) is 50.3. The molecule has 1 spiro atoms. The second-order valence-corrected chi connectivity index (χ2v) is 19.3. The molecule has 13 rings (SSSR count). The van der Waals surface area contributed by atoms with E-state index in [0.29, 0.717) is 28.6 Å². The maximum Gasteiger partial charge on any atom is 0.139 e. The Hall–Kier alpha value is -8.25. The predicted octanol–water partition coefficient (Wildman–Crippen LogP) is 19.4. The molecule has 0 aliphatic heterocycles. The number of anilines is 2. The standard InChI is InChI=1S/C36H34.C19H14FNO.C13H11NO.C2H6/c1-4-14-25(2)15-6-5-7-16-27-23-24-34-35(26(27)3)30-19-10-13-22-33(30)36(34)31-20-11-8-17-28(31)29-18-9-12-21-32(29)36;1-13-6-2-4-8-17(13)21(20)14-10-11-16-15-7-3-5-9-18(15)22-19(16)12-14;14-8-9-4-3-6-11-10-5-1-2-7-12(10)15-13(9)11;1-2/h5-8,10-13,15,17,19-24H,2,4,9,14,16,18H2,1,3H3;2-12H,1H3;1-7H,8,14H2;1-2H3/b7-5-,15-6-;;;. The minimum Gasteiger partial charge on any atom is -0.456 e. The third kappa shape index (κ3) is 9.17. The highest BCUT2D eigenvalue weighted by Crippen LogP contribution is 2.64. The van der Waals surface area contributed by atoms with Crippen LogP contribution in [0.25, 0.3) is 60.6 Å². The van der Waals surface area contributed by atoms with Gasteiger partial charge < -0.3 is 14.6 Å². The number of nitrogens with two attached hydrogens (primary N) is 1. The maximum absolute atomic E-state index is 14.7. The summed E-state index contributed by atoms with van der Waals surface area (Å²) < 4.78 is 26.3. The smallest absolute Gasteiger partial charge is 0.139 e. The number of aryl methyl sites for hydroxylation is 1. The molecule has 4 nitrogen and oxygen atoms in total. The van der Waals surface area contributed by atoms with Crippen molar-refractivity contribution in [1.82, 2.24) is 0 Å². The summed E-state index contributed by atoms with van der Waals surface area (Å²) >= 11 is 0. The fourth-order valence-electron chi connectivity index (χ4n) is 11.5. The molecule has 0 bridgehead atoms. The van der Waals surface area contributed by atoms with E-state index in [-0.39, 0.29) is 5.41 Å². The van der Waals surface area contributed by atoms with Gasteiger partial charge in [-0.3, -0.25) is 0 Å². The Balaban J connectivity index is 0.000000139. The molecule has 1 atom stereocenters. The molecule has 0 saturated heterocycles. The Labute approximate surface area is 441 Å². The second kappa shape index (κ2) is 22.1. The fourth-order valence-corrected chi connectivity index (χ4v) is 11.5. The molecule has 8 aromatic carbocycles. The van der Waals surface area contributed by atoms with Crippen LogP contribution in [0.5, 0.6) is 0 Å². The number of fused-ring (bicyclic) bond motifs is 15. The van der Waals surface area contributed by atoms with Crippen LogP contribution in [0.15, 0.2) is 233 Å². The summed E-state index contributed by atoms with van der Waals surface area (Å²) in [5.41, 5.74) is 27.4. The molecule has 3 aliphatic carbocycles. The van der Waals surface area contributed by atoms with Crippen molar-refractivity contribution in [3.05, 3.63) is 269 Å². The van der Waals surface area contributed by atoms with Crippen LogP contribution < -0.4 is 10.9 Å². The molecule has 10 aromatic rings. The van der Waals surface area contributed by atoms with E-state index in [9.17, 15) is 4.48 Å². The molecule has 3 aliphatic rings. The Morgan fingerprint density at radius 2 is 1.32 bits per heavy atom. The summed E-state index contributed by atoms with van der Waals surface area (Å²) in [5.74, 6) is 0. The zero-order valence-electron chi connectivity index (χ0n) is 43.8. The van der Waals surface area contributed by atoms with E-state index in [1.807, 2.05) is 99.6 Å². The van der Waals surface area contributed by atoms with Gasteiger partial charge in [0, 0.05) is 39.7 Å². The summed E-state index contributed by atoms with van der Waals surface area (Å²) in [4.78, 5) is 0. The minimum absolute atomic E-state index is 0.198. The molecule has 2 N–H and O–H groups in total. The van der Waals surface area contributed by atoms with Crippen molar-refractivity contribution in [2.75, 3.05) is 5.12 Å². The first-order chi connectivity index (χ1) is 36.8. The van der Waals surface area contributed by atoms with Crippen molar-refractivity contribution in [2.24, 2.45) is 5.73 Å². The monoisotopic (exact) mass is 985 g/mol. The number of benzene rings is 8. The predicted molar refractivity (Wildman–Crippen MR) is 315 cm³/mol. The highest BCUT2D eigenvalue weighted by molar-refractivity contribution is 6.07. The van der Waals surface area contributed by atoms with Gasteiger partial charge in [-0.05, 0) is 131 Å². The van der Waals surface area contributed by atoms with Gasteiger partial charge in [-0.2, -0.15) is 5.12 Å². The van der Waals surface area contributed by atoms with Gasteiger partial charge in [0.2, 0.25) is 0 Å². The quantitative estimate of drug-likeness (QED) is 0.116. The molecule has 5 heteroatoms. The number of allylic oxidation sites excluding steroid dienone is 9. The van der Waals surface area contributed by atoms with Gasteiger partial charge in [-0.15, -0.1) is 0 Å². The molecule has 0 radical (unpaired) electrons. The van der Waals surface area contributed by atoms with Gasteiger partial charge >= 0.3 is 0 Å². The van der Waals surface area contributed by atoms with Crippen molar-refractivity contribution in [3.8, 4) is 11.1 Å². The summed E-state index contributed by atoms with van der Waals surface area (Å²) in [6.07, 6.45) is 18.9. The van der Waals surface area contributed by atoms with Crippen LogP contribution >= 0.6 is 0 Å². The fraction of sp³-hybridized carbons (Fsp3) is 0.171. The third-order valence-corrected chi connectivity index (χ3v) is 14.9. The number of halogens is 1. The van der Waals surface area contributed by atoms with Gasteiger partial charge in [0.25, 0.3) is 0 Å². The second-order valence-electron chi connectivity index (χ2n) is 19.3. The van der Waals surface area contributed by atoms with Gasteiger partial charge in [0.1, 0.15) is 22.3 Å². The van der Waals surface area contributed by atoms with Crippen molar-refractivity contribution >= 4 is 60.8 Å². The molecule has 0 amide bonds. The number of nitrogens with zero attached hydrogens (tertiary/aromatic N) is 1. The molecular weight excluding hydrogens is 920 g/mol. The third-order valence-electron chi connectivity index (χ3n) is 14.9. The van der Waals surface area contributed by atoms with Gasteiger partial charge in [0.15, 0.2) is 0 Å². The van der Waals surface area contributed by atoms with Gasteiger partial charge in [-0.25, -0.2) is 0 Å². The molecule has 2 aromatic heterocycles. The molecule has 75 heavy (non-hydrogen) atoms. The minimum atomic E-state index is -0.198. The van der Waals surface area contributed by atoms with E-state index in [1.54, 1.807) is 18.2 Å². The molecule has 0 fully saturated rings. The SMILES string of the molecule is C=C(/C=C\C=C/Cc1ccc2c(c1C)-c1ccccc1C21C2=C(CCC=C2)c2ccccc21)CCC.CC.Cc1ccccc1N(F)c1ccc2c(c1)oc1ccccc12.NCc1cccc2c1oc1ccccc12. The largest absolute Gasteiger partial charge is 0.456 e. The number of rotatable bonds is 9. The van der Waals surface area contributed by atoms with E-state index < -0.39 is 0 Å². The van der Waals surface area contributed by atoms with Crippen molar-refractivity contribution < 1.29 is 13.3 Å². The van der Waals surface area contributed by atoms with Crippen LogP contribution in [-0.2, 0) is 18.4 Å². The van der Waals surface area contributed by atoms with Crippen LogP contribution in [0.4, 0.5) is 15.9 Å². The zero-order valence-corrected chi connectivity index (χ0v) is 43.8. The molecule has 374 valence electrons. The van der Waals surface area contributed by atoms with Crippen LogP contribution in [0.2, 0.25) is 0 Å². The van der Waals surface area contributed by atoms with Crippen molar-refractivity contribution in [2.45, 2.75) is 78.7 Å². The van der Waals surface area contributed by atoms with Gasteiger partial charge in [-0.1, -0.05) is 214 Å². The topological polar surface area (TPSA) is 55.5 Å². The first-order valence-corrected chi connectivity index (χ1v) is 26.6. The maximum atomic E-state index is 14.7. The average molecular weight is 985 g/mol. The lowest BCUT2D eigenvalue weighted by atomic mass is 9.69. The number of para-hydroxylation sites is 4. The normalized spacial score (nSPS) is 14.9. The molecular formula is C70H65FN2O2. The van der Waals surface area contributed by atoms with Crippen LogP contribution in [-0.4, -0.2) is 0 Å². The summed E-state index contributed by atoms with van der Waals surface area (Å²) in [6.45, 7) is 15.0. The van der Waals surface area contributed by atoms with Crippen molar-refractivity contribution in [1.29, 1.82) is 0 Å². The summed E-state index contributed by atoms with van der Waals surface area (Å²) in [7, 11) is 0. The van der Waals surface area contributed by atoms with Crippen LogP contribution in [0, 0.1) is 13.8 Å². The summed E-state index contributed by atoms with van der Waals surface area (Å²) in [5, 5.41) is 5.04. The molecule has 0 saturated carbocycles. The van der Waals surface area contributed by atoms with Gasteiger partial charge in [0.05, 0.1) is 16.8 Å². The Morgan fingerprint density at radius 3 is 2.08 bits per heavy atom. The number of hydrogen-bond donors (Lipinski definition) is 1. The lowest BCUT2D eigenvalue weighted by Crippen LogP contribution is -2.27. The summed E-state index contributed by atoms with van der Waals surface area (Å²) in [6, 6.07) is 57.9. The van der Waals surface area contributed by atoms with Crippen LogP contribution in [0.1, 0.15) is 91.0 Å². The highest BCUT2D eigenvalue weighted by atomic mass is 19.2. The van der Waals surface area contributed by atoms with E-state index in [1.165, 1.54) is 61.2 Å². The Morgan fingerprint density at radius 1 is 0.667 bits per heavy atom. The first-order valence-electron chi connectivity index (χ1n) is 26.6. The van der Waals surface area contributed by atoms with E-state index in [4.69, 9.17) is 14.6 Å². The average Bonchev–Trinajstić information content (AvgIpc) is 4.22. The molecule has 1 unspecified atom stereocenters. The Kier molecular flexibility index (Phi) is 14.8. The van der Waals surface area contributed by atoms with Crippen molar-refractivity contribution in [3.63, 3.8) is 0 Å². The number of furan rings is 2. The van der Waals surface area contributed by atoms with E-state index >= 15 is 0 Å². The Bertz CT molecular complexity index is 3860. The lowest BCUT2D eigenvalue weighted by Gasteiger charge is -2.32. The lowest BCUT2D eigenvalue weighted by molar-refractivity contribution is 0.504. The number of hydrogen-bond acceptors (Lipinski definition) is 4. The highest BCUT2D eigenvalue weighted by Gasteiger charge is 2.52. The molecule has 2 heterocycles.